The minimum atomic E-state index is -0.238. The highest BCUT2D eigenvalue weighted by atomic mass is 35.5. The lowest BCUT2D eigenvalue weighted by atomic mass is 9.83. The molecule has 2 heterocycles. The van der Waals surface area contributed by atoms with E-state index in [0.717, 1.165) is 47.6 Å². The van der Waals surface area contributed by atoms with Crippen LogP contribution >= 0.6 is 11.6 Å². The fourth-order valence-electron chi connectivity index (χ4n) is 4.58. The molecule has 5 nitrogen and oxygen atoms in total. The number of nitrogens with zero attached hydrogens (tertiary/aromatic N) is 2. The summed E-state index contributed by atoms with van der Waals surface area (Å²) in [5, 5.41) is 7.51. The molecule has 4 rings (SSSR count). The van der Waals surface area contributed by atoms with Crippen LogP contribution < -0.4 is 10.6 Å². The molecule has 0 amide bonds. The lowest BCUT2D eigenvalue weighted by Gasteiger charge is -2.29. The summed E-state index contributed by atoms with van der Waals surface area (Å²) in [5.41, 5.74) is 4.66. The van der Waals surface area contributed by atoms with Crippen LogP contribution in [0.15, 0.2) is 55.0 Å². The molecular formula is C27H32ClFN4O. The van der Waals surface area contributed by atoms with Gasteiger partial charge in [0.2, 0.25) is 0 Å². The molecule has 0 spiro atoms. The van der Waals surface area contributed by atoms with Gasteiger partial charge in [-0.2, -0.15) is 0 Å². The maximum Gasteiger partial charge on any atom is 0.123 e. The molecule has 0 bridgehead atoms. The van der Waals surface area contributed by atoms with E-state index in [2.05, 4.69) is 26.7 Å². The van der Waals surface area contributed by atoms with Gasteiger partial charge in [0.1, 0.15) is 5.82 Å². The van der Waals surface area contributed by atoms with Crippen molar-refractivity contribution in [2.45, 2.75) is 44.7 Å². The minimum Gasteiger partial charge on any atom is -0.383 e. The van der Waals surface area contributed by atoms with Gasteiger partial charge in [-0.1, -0.05) is 23.7 Å². The van der Waals surface area contributed by atoms with Gasteiger partial charge in [0, 0.05) is 61.7 Å². The molecular weight excluding hydrogens is 451 g/mol. The Kier molecular flexibility index (Phi) is 8.85. The number of benzene rings is 1. The van der Waals surface area contributed by atoms with Crippen LogP contribution in [0.4, 0.5) is 10.1 Å². The highest BCUT2D eigenvalue weighted by molar-refractivity contribution is 6.33. The molecule has 1 saturated carbocycles. The predicted molar refractivity (Wildman–Crippen MR) is 136 cm³/mol. The van der Waals surface area contributed by atoms with E-state index < -0.39 is 0 Å². The van der Waals surface area contributed by atoms with Crippen LogP contribution in [-0.4, -0.2) is 36.3 Å². The van der Waals surface area contributed by atoms with E-state index in [1.807, 2.05) is 18.3 Å². The van der Waals surface area contributed by atoms with E-state index in [-0.39, 0.29) is 5.82 Å². The van der Waals surface area contributed by atoms with Gasteiger partial charge < -0.3 is 15.4 Å². The van der Waals surface area contributed by atoms with Crippen molar-refractivity contribution in [3.63, 3.8) is 0 Å². The summed E-state index contributed by atoms with van der Waals surface area (Å²) in [6, 6.07) is 11.3. The van der Waals surface area contributed by atoms with Crippen molar-refractivity contribution in [1.82, 2.24) is 15.3 Å². The summed E-state index contributed by atoms with van der Waals surface area (Å²) in [7, 11) is 1.74. The highest BCUT2D eigenvalue weighted by Gasteiger charge is 2.21. The molecule has 0 aliphatic heterocycles. The lowest BCUT2D eigenvalue weighted by Crippen LogP contribution is -2.35. The standard InChI is InChI=1S/C27H32ClFN4O/c1-34-10-9-31-23-7-5-19(6-8-23)12-24-14-26(27(28)18-33-24)21-13-25(17-30-16-21)32-15-20-3-2-4-22(29)11-20/h2-4,11,13-14,16-19,23,31-32H,5-10,12,15H2,1H3. The smallest absolute Gasteiger partial charge is 0.123 e. The molecule has 0 atom stereocenters. The summed E-state index contributed by atoms with van der Waals surface area (Å²) < 4.78 is 18.6. The first-order chi connectivity index (χ1) is 16.6. The molecule has 0 saturated heterocycles. The average Bonchev–Trinajstić information content (AvgIpc) is 2.85. The molecule has 2 aromatic heterocycles. The van der Waals surface area contributed by atoms with Crippen LogP contribution in [-0.2, 0) is 17.7 Å². The van der Waals surface area contributed by atoms with Crippen molar-refractivity contribution in [2.75, 3.05) is 25.6 Å². The molecule has 180 valence electrons. The number of pyridine rings is 2. The van der Waals surface area contributed by atoms with Gasteiger partial charge in [-0.05, 0) is 67.9 Å². The van der Waals surface area contributed by atoms with Crippen LogP contribution in [0, 0.1) is 11.7 Å². The van der Waals surface area contributed by atoms with Gasteiger partial charge in [-0.3, -0.25) is 9.97 Å². The third-order valence-corrected chi connectivity index (χ3v) is 6.73. The van der Waals surface area contributed by atoms with Crippen LogP contribution in [0.2, 0.25) is 5.02 Å². The van der Waals surface area contributed by atoms with Crippen LogP contribution in [0.25, 0.3) is 11.1 Å². The van der Waals surface area contributed by atoms with Gasteiger partial charge in [0.15, 0.2) is 0 Å². The van der Waals surface area contributed by atoms with Crippen molar-refractivity contribution >= 4 is 17.3 Å². The zero-order chi connectivity index (χ0) is 23.8. The first-order valence-electron chi connectivity index (χ1n) is 11.9. The van der Waals surface area contributed by atoms with Gasteiger partial charge in [-0.25, -0.2) is 4.39 Å². The Morgan fingerprint density at radius 2 is 1.94 bits per heavy atom. The summed E-state index contributed by atoms with van der Waals surface area (Å²) in [4.78, 5) is 8.99. The summed E-state index contributed by atoms with van der Waals surface area (Å²) >= 11 is 6.52. The number of halogens is 2. The largest absolute Gasteiger partial charge is 0.383 e. The van der Waals surface area contributed by atoms with Crippen LogP contribution in [0.3, 0.4) is 0 Å². The first-order valence-corrected chi connectivity index (χ1v) is 12.3. The molecule has 1 aliphatic rings. The second-order valence-corrected chi connectivity index (χ2v) is 9.38. The summed E-state index contributed by atoms with van der Waals surface area (Å²) in [6.07, 6.45) is 11.1. The number of aromatic nitrogens is 2. The van der Waals surface area contributed by atoms with Crippen molar-refractivity contribution < 1.29 is 9.13 Å². The Bertz CT molecular complexity index is 1070. The predicted octanol–water partition coefficient (Wildman–Crippen LogP) is 5.89. The molecule has 0 unspecified atom stereocenters. The quantitative estimate of drug-likeness (QED) is 0.353. The number of anilines is 1. The number of ether oxygens (including phenoxy) is 1. The Hall–Kier alpha value is -2.54. The molecule has 1 aliphatic carbocycles. The maximum atomic E-state index is 13.4. The SMILES string of the molecule is COCCNC1CCC(Cc2cc(-c3cncc(NCc4cccc(F)c4)c3)c(Cl)cn2)CC1. The molecule has 1 aromatic carbocycles. The second-order valence-electron chi connectivity index (χ2n) is 8.97. The van der Waals surface area contributed by atoms with E-state index in [0.29, 0.717) is 23.5 Å². The number of hydrogen-bond donors (Lipinski definition) is 2. The Morgan fingerprint density at radius 3 is 2.74 bits per heavy atom. The molecule has 34 heavy (non-hydrogen) atoms. The van der Waals surface area contributed by atoms with Gasteiger partial charge in [0.25, 0.3) is 0 Å². The fraction of sp³-hybridized carbons (Fsp3) is 0.407. The Balaban J connectivity index is 1.38. The molecule has 7 heteroatoms. The minimum absolute atomic E-state index is 0.238. The van der Waals surface area contributed by atoms with Crippen LogP contribution in [0.5, 0.6) is 0 Å². The van der Waals surface area contributed by atoms with Crippen molar-refractivity contribution in [1.29, 1.82) is 0 Å². The van der Waals surface area contributed by atoms with Gasteiger partial charge in [0.05, 0.1) is 17.3 Å². The van der Waals surface area contributed by atoms with Crippen molar-refractivity contribution in [3.05, 3.63) is 77.1 Å². The van der Waals surface area contributed by atoms with E-state index >= 15 is 0 Å². The van der Waals surface area contributed by atoms with Crippen LogP contribution in [0.1, 0.15) is 36.9 Å². The van der Waals surface area contributed by atoms with E-state index in [9.17, 15) is 4.39 Å². The summed E-state index contributed by atoms with van der Waals surface area (Å²) in [6.45, 7) is 2.19. The topological polar surface area (TPSA) is 59.1 Å². The molecule has 2 N–H and O–H groups in total. The van der Waals surface area contributed by atoms with E-state index in [1.165, 1.54) is 37.8 Å². The van der Waals surface area contributed by atoms with Gasteiger partial charge >= 0.3 is 0 Å². The Morgan fingerprint density at radius 1 is 1.09 bits per heavy atom. The molecule has 3 aromatic rings. The number of nitrogens with one attached hydrogen (secondary N) is 2. The monoisotopic (exact) mass is 482 g/mol. The zero-order valence-electron chi connectivity index (χ0n) is 19.6. The number of hydrogen-bond acceptors (Lipinski definition) is 5. The number of methoxy groups -OCH3 is 1. The third kappa shape index (κ3) is 6.98. The first kappa shape index (κ1) is 24.6. The zero-order valence-corrected chi connectivity index (χ0v) is 20.3. The average molecular weight is 483 g/mol. The molecule has 1 fully saturated rings. The maximum absolute atomic E-state index is 13.4. The number of rotatable bonds is 10. The fourth-order valence-corrected chi connectivity index (χ4v) is 4.79. The van der Waals surface area contributed by atoms with Crippen molar-refractivity contribution in [3.8, 4) is 11.1 Å². The van der Waals surface area contributed by atoms with Crippen molar-refractivity contribution in [2.24, 2.45) is 5.92 Å². The van der Waals surface area contributed by atoms with Gasteiger partial charge in [-0.15, -0.1) is 0 Å². The highest BCUT2D eigenvalue weighted by Crippen LogP contribution is 2.32. The van der Waals surface area contributed by atoms with E-state index in [1.54, 1.807) is 25.6 Å². The lowest BCUT2D eigenvalue weighted by molar-refractivity contribution is 0.188. The second kappa shape index (κ2) is 12.2. The molecule has 0 radical (unpaired) electrons. The Labute approximate surface area is 206 Å². The normalized spacial score (nSPS) is 18.1. The summed E-state index contributed by atoms with van der Waals surface area (Å²) in [5.74, 6) is 0.400. The van der Waals surface area contributed by atoms with E-state index in [4.69, 9.17) is 16.3 Å². The third-order valence-electron chi connectivity index (χ3n) is 6.43.